The molecule has 1 unspecified atom stereocenters. The Morgan fingerprint density at radius 3 is 2.59 bits per heavy atom. The number of hydrogen-bond acceptors (Lipinski definition) is 4. The fourth-order valence-corrected chi connectivity index (χ4v) is 4.26. The summed E-state index contributed by atoms with van der Waals surface area (Å²) in [5.41, 5.74) is 0.660. The number of hydrogen-bond donors (Lipinski definition) is 1. The maximum absolute atomic E-state index is 12.8. The van der Waals surface area contributed by atoms with Crippen molar-refractivity contribution in [3.8, 4) is 0 Å². The van der Waals surface area contributed by atoms with E-state index in [2.05, 4.69) is 17.2 Å². The third-order valence-electron chi connectivity index (χ3n) is 6.27. The SMILES string of the molecule is CC(Nc1ccc(C(=O)N2CCC(CN3CCCC3=O)CC2)cn1)C1CC1. The largest absolute Gasteiger partial charge is 0.367 e. The van der Waals surface area contributed by atoms with Crippen molar-refractivity contribution in [2.24, 2.45) is 11.8 Å². The molecule has 1 aromatic rings. The highest BCUT2D eigenvalue weighted by Gasteiger charge is 2.29. The molecule has 1 aliphatic carbocycles. The van der Waals surface area contributed by atoms with E-state index in [9.17, 15) is 9.59 Å². The molecule has 2 amide bonds. The van der Waals surface area contributed by atoms with Crippen LogP contribution in [0.5, 0.6) is 0 Å². The van der Waals surface area contributed by atoms with Gasteiger partial charge in [-0.15, -0.1) is 0 Å². The molecule has 6 nitrogen and oxygen atoms in total. The van der Waals surface area contributed by atoms with Crippen LogP contribution in [0.4, 0.5) is 5.82 Å². The minimum absolute atomic E-state index is 0.0694. The van der Waals surface area contributed by atoms with Crippen LogP contribution in [0.15, 0.2) is 18.3 Å². The van der Waals surface area contributed by atoms with Crippen LogP contribution in [0.25, 0.3) is 0 Å². The zero-order chi connectivity index (χ0) is 18.8. The molecular formula is C21H30N4O2. The summed E-state index contributed by atoms with van der Waals surface area (Å²) in [7, 11) is 0. The van der Waals surface area contributed by atoms with E-state index < -0.39 is 0 Å². The van der Waals surface area contributed by atoms with Gasteiger partial charge in [-0.1, -0.05) is 0 Å². The first-order valence-corrected chi connectivity index (χ1v) is 10.4. The van der Waals surface area contributed by atoms with E-state index in [0.717, 1.165) is 57.2 Å². The predicted molar refractivity (Wildman–Crippen MR) is 104 cm³/mol. The van der Waals surface area contributed by atoms with Crippen LogP contribution in [-0.2, 0) is 4.79 Å². The molecule has 2 aliphatic heterocycles. The summed E-state index contributed by atoms with van der Waals surface area (Å²) < 4.78 is 0. The average molecular weight is 370 g/mol. The smallest absolute Gasteiger partial charge is 0.255 e. The lowest BCUT2D eigenvalue weighted by molar-refractivity contribution is -0.128. The number of nitrogens with one attached hydrogen (secondary N) is 1. The van der Waals surface area contributed by atoms with E-state index in [1.807, 2.05) is 21.9 Å². The molecular weight excluding hydrogens is 340 g/mol. The van der Waals surface area contributed by atoms with Gasteiger partial charge in [-0.3, -0.25) is 9.59 Å². The van der Waals surface area contributed by atoms with Crippen LogP contribution in [0.1, 0.15) is 55.8 Å². The second-order valence-electron chi connectivity index (χ2n) is 8.38. The molecule has 6 heteroatoms. The number of likely N-dealkylation sites (tertiary alicyclic amines) is 2. The Kier molecular flexibility index (Phi) is 5.32. The number of amides is 2. The number of aromatic nitrogens is 1. The van der Waals surface area contributed by atoms with Crippen LogP contribution in [0.3, 0.4) is 0 Å². The normalized spacial score (nSPS) is 22.2. The van der Waals surface area contributed by atoms with Gasteiger partial charge in [0.2, 0.25) is 5.91 Å². The van der Waals surface area contributed by atoms with Crippen molar-refractivity contribution < 1.29 is 9.59 Å². The number of rotatable bonds is 6. The highest BCUT2D eigenvalue weighted by molar-refractivity contribution is 5.94. The summed E-state index contributed by atoms with van der Waals surface area (Å²) in [4.78, 5) is 32.9. The summed E-state index contributed by atoms with van der Waals surface area (Å²) >= 11 is 0. The summed E-state index contributed by atoms with van der Waals surface area (Å²) in [5.74, 6) is 2.50. The molecule has 27 heavy (non-hydrogen) atoms. The zero-order valence-electron chi connectivity index (χ0n) is 16.2. The molecule has 1 aromatic heterocycles. The van der Waals surface area contributed by atoms with Gasteiger partial charge in [0.1, 0.15) is 5.82 Å². The zero-order valence-corrected chi connectivity index (χ0v) is 16.2. The molecule has 2 saturated heterocycles. The van der Waals surface area contributed by atoms with Gasteiger partial charge in [-0.25, -0.2) is 4.98 Å². The van der Waals surface area contributed by atoms with Crippen molar-refractivity contribution in [1.82, 2.24) is 14.8 Å². The van der Waals surface area contributed by atoms with E-state index in [0.29, 0.717) is 29.9 Å². The lowest BCUT2D eigenvalue weighted by Crippen LogP contribution is -2.41. The highest BCUT2D eigenvalue weighted by atomic mass is 16.2. The fourth-order valence-electron chi connectivity index (χ4n) is 4.26. The van der Waals surface area contributed by atoms with Gasteiger partial charge in [0.25, 0.3) is 5.91 Å². The molecule has 0 bridgehead atoms. The molecule has 1 N–H and O–H groups in total. The monoisotopic (exact) mass is 370 g/mol. The van der Waals surface area contributed by atoms with Gasteiger partial charge < -0.3 is 15.1 Å². The van der Waals surface area contributed by atoms with Crippen molar-refractivity contribution >= 4 is 17.6 Å². The average Bonchev–Trinajstić information content (AvgIpc) is 3.47. The Morgan fingerprint density at radius 2 is 2.00 bits per heavy atom. The third kappa shape index (κ3) is 4.42. The highest BCUT2D eigenvalue weighted by Crippen LogP contribution is 2.33. The van der Waals surface area contributed by atoms with Crippen molar-refractivity contribution in [2.45, 2.75) is 51.5 Å². The van der Waals surface area contributed by atoms with Crippen molar-refractivity contribution in [2.75, 3.05) is 31.5 Å². The standard InChI is InChI=1S/C21H30N4O2/c1-15(17-4-5-17)23-19-7-6-18(13-22-19)21(27)24-11-8-16(9-12-24)14-25-10-2-3-20(25)26/h6-7,13,15-17H,2-5,8-12,14H2,1H3,(H,22,23). The molecule has 4 rings (SSSR count). The van der Waals surface area contributed by atoms with E-state index in [-0.39, 0.29) is 5.91 Å². The van der Waals surface area contributed by atoms with Gasteiger partial charge in [0.05, 0.1) is 5.56 Å². The Morgan fingerprint density at radius 1 is 1.22 bits per heavy atom. The maximum Gasteiger partial charge on any atom is 0.255 e. The van der Waals surface area contributed by atoms with Gasteiger partial charge in [0, 0.05) is 44.8 Å². The van der Waals surface area contributed by atoms with Crippen LogP contribution in [0.2, 0.25) is 0 Å². The Hall–Kier alpha value is -2.11. The number of carbonyl (C=O) groups excluding carboxylic acids is 2. The van der Waals surface area contributed by atoms with Crippen molar-refractivity contribution in [1.29, 1.82) is 0 Å². The van der Waals surface area contributed by atoms with E-state index in [4.69, 9.17) is 0 Å². The van der Waals surface area contributed by atoms with Gasteiger partial charge in [-0.2, -0.15) is 0 Å². The number of anilines is 1. The van der Waals surface area contributed by atoms with Gasteiger partial charge in [-0.05, 0) is 63.0 Å². The molecule has 0 spiro atoms. The van der Waals surface area contributed by atoms with Crippen LogP contribution in [0, 0.1) is 11.8 Å². The lowest BCUT2D eigenvalue weighted by atomic mass is 9.96. The first-order valence-electron chi connectivity index (χ1n) is 10.4. The van der Waals surface area contributed by atoms with Crippen LogP contribution >= 0.6 is 0 Å². The minimum atomic E-state index is 0.0694. The quantitative estimate of drug-likeness (QED) is 0.836. The first-order chi connectivity index (χ1) is 13.1. The fraction of sp³-hybridized carbons (Fsp3) is 0.667. The molecule has 0 radical (unpaired) electrons. The second kappa shape index (κ2) is 7.87. The summed E-state index contributed by atoms with van der Waals surface area (Å²) in [6.45, 7) is 5.50. The Bertz CT molecular complexity index is 678. The van der Waals surface area contributed by atoms with Crippen molar-refractivity contribution in [3.05, 3.63) is 23.9 Å². The molecule has 1 atom stereocenters. The first kappa shape index (κ1) is 18.3. The number of carbonyl (C=O) groups is 2. The van der Waals surface area contributed by atoms with E-state index in [1.54, 1.807) is 6.20 Å². The predicted octanol–water partition coefficient (Wildman–Crippen LogP) is 2.77. The Balaban J connectivity index is 1.26. The number of pyridine rings is 1. The van der Waals surface area contributed by atoms with Gasteiger partial charge in [0.15, 0.2) is 0 Å². The summed E-state index contributed by atoms with van der Waals surface area (Å²) in [6, 6.07) is 4.24. The van der Waals surface area contributed by atoms with Crippen molar-refractivity contribution in [3.63, 3.8) is 0 Å². The molecule has 146 valence electrons. The van der Waals surface area contributed by atoms with Gasteiger partial charge >= 0.3 is 0 Å². The minimum Gasteiger partial charge on any atom is -0.367 e. The van der Waals surface area contributed by atoms with Crippen LogP contribution < -0.4 is 5.32 Å². The molecule has 3 fully saturated rings. The molecule has 3 heterocycles. The second-order valence-corrected chi connectivity index (χ2v) is 8.38. The topological polar surface area (TPSA) is 65.5 Å². The van der Waals surface area contributed by atoms with E-state index >= 15 is 0 Å². The third-order valence-corrected chi connectivity index (χ3v) is 6.27. The molecule has 0 aromatic carbocycles. The lowest BCUT2D eigenvalue weighted by Gasteiger charge is -2.34. The summed E-state index contributed by atoms with van der Waals surface area (Å²) in [6.07, 6.45) is 7.93. The van der Waals surface area contributed by atoms with E-state index in [1.165, 1.54) is 12.8 Å². The van der Waals surface area contributed by atoms with Crippen LogP contribution in [-0.4, -0.2) is 58.8 Å². The summed E-state index contributed by atoms with van der Waals surface area (Å²) in [5, 5.41) is 3.42. The number of piperidine rings is 1. The number of nitrogens with zero attached hydrogens (tertiary/aromatic N) is 3. The molecule has 1 saturated carbocycles. The molecule has 3 aliphatic rings. The Labute approximate surface area is 161 Å². The maximum atomic E-state index is 12.8.